The average molecular weight is 340 g/mol. The van der Waals surface area contributed by atoms with Crippen LogP contribution in [0.15, 0.2) is 85.9 Å². The number of hydrogen-bond donors (Lipinski definition) is 1. The first kappa shape index (κ1) is 13.9. The zero-order valence-corrected chi connectivity index (χ0v) is 14.0. The van der Waals surface area contributed by atoms with Gasteiger partial charge in [0.2, 0.25) is 0 Å². The summed E-state index contributed by atoms with van der Waals surface area (Å²) < 4.78 is 1.07. The second-order valence-corrected chi connectivity index (χ2v) is 8.08. The fourth-order valence-corrected chi connectivity index (χ4v) is 5.08. The van der Waals surface area contributed by atoms with Gasteiger partial charge in [0, 0.05) is 16.0 Å². The maximum atomic E-state index is 4.79. The Labute approximate surface area is 141 Å². The molecule has 4 rings (SSSR count). The van der Waals surface area contributed by atoms with Gasteiger partial charge in [-0.2, -0.15) is 0 Å². The highest BCUT2D eigenvalue weighted by Gasteiger charge is 2.12. The van der Waals surface area contributed by atoms with Crippen LogP contribution in [-0.2, 0) is 0 Å². The second kappa shape index (κ2) is 6.20. The number of hydrogen-bond acceptors (Lipinski definition) is 4. The largest absolute Gasteiger partial charge is 0.350 e. The highest BCUT2D eigenvalue weighted by atomic mass is 32.2. The van der Waals surface area contributed by atoms with Crippen molar-refractivity contribution >= 4 is 45.2 Å². The van der Waals surface area contributed by atoms with E-state index in [0.29, 0.717) is 0 Å². The maximum Gasteiger partial charge on any atom is 0.157 e. The van der Waals surface area contributed by atoms with Gasteiger partial charge in [0.25, 0.3) is 0 Å². The van der Waals surface area contributed by atoms with E-state index >= 15 is 0 Å². The van der Waals surface area contributed by atoms with Crippen molar-refractivity contribution in [2.45, 2.75) is 19.0 Å². The van der Waals surface area contributed by atoms with E-state index in [2.05, 4.69) is 53.5 Å². The Morgan fingerprint density at radius 2 is 1.45 bits per heavy atom. The number of rotatable bonds is 4. The normalized spacial score (nSPS) is 11.1. The van der Waals surface area contributed by atoms with Crippen LogP contribution in [-0.4, -0.2) is 9.97 Å². The van der Waals surface area contributed by atoms with Gasteiger partial charge in [-0.25, -0.2) is 4.98 Å². The highest BCUT2D eigenvalue weighted by molar-refractivity contribution is 8.01. The molecule has 0 aliphatic carbocycles. The van der Waals surface area contributed by atoms with Gasteiger partial charge in [-0.1, -0.05) is 71.3 Å². The molecule has 0 unspecified atom stereocenters. The average Bonchev–Trinajstić information content (AvgIpc) is 3.11. The second-order valence-electron chi connectivity index (χ2n) is 4.64. The minimum Gasteiger partial charge on any atom is -0.350 e. The van der Waals surface area contributed by atoms with Gasteiger partial charge in [-0.05, 0) is 24.3 Å². The molecule has 0 saturated heterocycles. The van der Waals surface area contributed by atoms with Crippen molar-refractivity contribution in [1.82, 2.24) is 9.97 Å². The number of H-pyrrole nitrogens is 1. The van der Waals surface area contributed by atoms with Gasteiger partial charge in [-0.3, -0.25) is 0 Å². The van der Waals surface area contributed by atoms with E-state index in [9.17, 15) is 0 Å². The molecule has 1 N–H and O–H groups in total. The Bertz CT molecular complexity index is 882. The molecule has 0 bridgehead atoms. The molecule has 0 saturated carbocycles. The van der Waals surface area contributed by atoms with Gasteiger partial charge in [-0.15, -0.1) is 0 Å². The Morgan fingerprint density at radius 1 is 0.818 bits per heavy atom. The standard InChI is InChI=1S/C17H12N2S3/c1-3-7-12(8-4-1)20-14-11-18-16-15(14)19-17(22-16)21-13-9-5-2-6-10-13/h1-11,18H. The number of benzene rings is 2. The van der Waals surface area contributed by atoms with Crippen LogP contribution in [0.25, 0.3) is 10.3 Å². The van der Waals surface area contributed by atoms with Gasteiger partial charge < -0.3 is 4.98 Å². The van der Waals surface area contributed by atoms with Crippen molar-refractivity contribution in [3.63, 3.8) is 0 Å². The zero-order chi connectivity index (χ0) is 14.8. The van der Waals surface area contributed by atoms with Crippen molar-refractivity contribution in [3.05, 3.63) is 66.9 Å². The molecule has 0 amide bonds. The summed E-state index contributed by atoms with van der Waals surface area (Å²) in [5.41, 5.74) is 1.07. The number of aromatic nitrogens is 2. The van der Waals surface area contributed by atoms with Crippen molar-refractivity contribution in [2.75, 3.05) is 0 Å². The van der Waals surface area contributed by atoms with Crippen LogP contribution in [0.1, 0.15) is 0 Å². The monoisotopic (exact) mass is 340 g/mol. The van der Waals surface area contributed by atoms with Crippen LogP contribution in [0.2, 0.25) is 0 Å². The van der Waals surface area contributed by atoms with Crippen LogP contribution < -0.4 is 0 Å². The van der Waals surface area contributed by atoms with E-state index in [1.165, 1.54) is 14.7 Å². The molecular formula is C17H12N2S3. The van der Waals surface area contributed by atoms with E-state index in [1.807, 2.05) is 18.3 Å². The minimum atomic E-state index is 1.07. The van der Waals surface area contributed by atoms with Gasteiger partial charge >= 0.3 is 0 Å². The third-order valence-corrected chi connectivity index (χ3v) is 6.19. The van der Waals surface area contributed by atoms with Crippen LogP contribution in [0, 0.1) is 0 Å². The number of nitrogens with one attached hydrogen (secondary N) is 1. The summed E-state index contributed by atoms with van der Waals surface area (Å²) in [4.78, 5) is 12.9. The first-order valence-electron chi connectivity index (χ1n) is 6.82. The summed E-state index contributed by atoms with van der Waals surface area (Å²) in [5, 5.41) is 0. The summed E-state index contributed by atoms with van der Waals surface area (Å²) in [7, 11) is 0. The molecule has 0 fully saturated rings. The summed E-state index contributed by atoms with van der Waals surface area (Å²) in [6, 6.07) is 20.8. The Balaban J connectivity index is 1.62. The maximum absolute atomic E-state index is 4.79. The van der Waals surface area contributed by atoms with E-state index in [1.54, 1.807) is 34.9 Å². The van der Waals surface area contributed by atoms with Crippen LogP contribution >= 0.6 is 34.9 Å². The number of thiazole rings is 1. The smallest absolute Gasteiger partial charge is 0.157 e. The Morgan fingerprint density at radius 3 is 2.14 bits per heavy atom. The highest BCUT2D eigenvalue weighted by Crippen LogP contribution is 2.39. The summed E-state index contributed by atoms with van der Waals surface area (Å²) in [6.07, 6.45) is 2.04. The van der Waals surface area contributed by atoms with Crippen molar-refractivity contribution in [3.8, 4) is 0 Å². The first-order chi connectivity index (χ1) is 10.9. The SMILES string of the molecule is c1ccc(Sc2nc3c(Sc4ccccc4)c[nH]c3s2)cc1. The Kier molecular flexibility index (Phi) is 3.93. The molecule has 22 heavy (non-hydrogen) atoms. The predicted octanol–water partition coefficient (Wildman–Crippen LogP) is 5.93. The molecule has 2 nitrogen and oxygen atoms in total. The van der Waals surface area contributed by atoms with Gasteiger partial charge in [0.1, 0.15) is 10.3 Å². The van der Waals surface area contributed by atoms with Crippen molar-refractivity contribution in [2.24, 2.45) is 0 Å². The van der Waals surface area contributed by atoms with Crippen molar-refractivity contribution in [1.29, 1.82) is 0 Å². The lowest BCUT2D eigenvalue weighted by atomic mass is 10.4. The fraction of sp³-hybridized carbons (Fsp3) is 0. The van der Waals surface area contributed by atoms with Crippen molar-refractivity contribution < 1.29 is 0 Å². The predicted molar refractivity (Wildman–Crippen MR) is 95.1 cm³/mol. The quantitative estimate of drug-likeness (QED) is 0.499. The molecule has 0 spiro atoms. The summed E-state index contributed by atoms with van der Waals surface area (Å²) >= 11 is 5.16. The van der Waals surface area contributed by atoms with E-state index in [4.69, 9.17) is 4.98 Å². The molecule has 108 valence electrons. The molecular weight excluding hydrogens is 328 g/mol. The van der Waals surface area contributed by atoms with E-state index in [-0.39, 0.29) is 0 Å². The molecule has 2 aromatic carbocycles. The molecule has 0 aliphatic heterocycles. The van der Waals surface area contributed by atoms with Crippen LogP contribution in [0.3, 0.4) is 0 Å². The lowest BCUT2D eigenvalue weighted by Gasteiger charge is -1.98. The molecule has 0 radical (unpaired) electrons. The fourth-order valence-electron chi connectivity index (χ4n) is 2.09. The third kappa shape index (κ3) is 2.92. The van der Waals surface area contributed by atoms with Crippen LogP contribution in [0.4, 0.5) is 0 Å². The molecule has 4 aromatic rings. The summed E-state index contributed by atoms with van der Waals surface area (Å²) in [5.74, 6) is 0. The first-order valence-corrected chi connectivity index (χ1v) is 9.27. The third-order valence-electron chi connectivity index (χ3n) is 3.09. The number of fused-ring (bicyclic) bond motifs is 1. The van der Waals surface area contributed by atoms with E-state index in [0.717, 1.165) is 14.7 Å². The Hall–Kier alpha value is -1.69. The molecule has 2 heterocycles. The summed E-state index contributed by atoms with van der Waals surface area (Å²) in [6.45, 7) is 0. The van der Waals surface area contributed by atoms with E-state index < -0.39 is 0 Å². The number of aromatic amines is 1. The molecule has 5 heteroatoms. The zero-order valence-electron chi connectivity index (χ0n) is 11.5. The van der Waals surface area contributed by atoms with Gasteiger partial charge in [0.05, 0.1) is 4.90 Å². The lowest BCUT2D eigenvalue weighted by Crippen LogP contribution is -1.73. The van der Waals surface area contributed by atoms with Gasteiger partial charge in [0.15, 0.2) is 4.34 Å². The molecule has 0 atom stereocenters. The lowest BCUT2D eigenvalue weighted by molar-refractivity contribution is 1.27. The minimum absolute atomic E-state index is 1.07. The molecule has 2 aromatic heterocycles. The topological polar surface area (TPSA) is 28.7 Å². The van der Waals surface area contributed by atoms with Crippen LogP contribution in [0.5, 0.6) is 0 Å². The number of nitrogens with zero attached hydrogens (tertiary/aromatic N) is 1. The molecule has 0 aliphatic rings.